The average molecular weight is 1640 g/mol. The van der Waals surface area contributed by atoms with Gasteiger partial charge in [-0.3, -0.25) is 0 Å². The summed E-state index contributed by atoms with van der Waals surface area (Å²) >= 11 is 0. The Morgan fingerprint density at radius 2 is 0.625 bits per heavy atom. The molecule has 6 heteroatoms. The van der Waals surface area contributed by atoms with Crippen LogP contribution in [0.15, 0.2) is 430 Å². The number of rotatable bonds is 14. The fraction of sp³-hybridized carbons (Fsp3) is 0.0738. The largest absolute Gasteiger partial charge is 0.310 e. The molecule has 0 N–H and O–H groups in total. The van der Waals surface area contributed by atoms with Crippen molar-refractivity contribution < 1.29 is 0 Å². The number of allylic oxidation sites excluding steroid dienone is 10. The van der Waals surface area contributed by atoms with Gasteiger partial charge in [0.15, 0.2) is 0 Å². The minimum atomic E-state index is 0.00815. The van der Waals surface area contributed by atoms with Crippen LogP contribution in [0.5, 0.6) is 0 Å². The van der Waals surface area contributed by atoms with E-state index in [1.807, 2.05) is 0 Å². The van der Waals surface area contributed by atoms with Gasteiger partial charge in [0, 0.05) is 66.3 Å². The van der Waals surface area contributed by atoms with E-state index in [9.17, 15) is 5.26 Å². The summed E-state index contributed by atoms with van der Waals surface area (Å²) in [7, 11) is 0. The van der Waals surface area contributed by atoms with Crippen LogP contribution in [-0.4, -0.2) is 18.3 Å². The van der Waals surface area contributed by atoms with Crippen molar-refractivity contribution in [3.63, 3.8) is 0 Å². The zero-order valence-corrected chi connectivity index (χ0v) is 71.0. The molecule has 0 amide bonds. The SMILES string of the molecule is C[C@@H]1C2C=C([C@@H]1C)N(c1c(-n3c4ccc(-c5ccccc5)cc4c4cc(-c5ccccc5)ccc43)c(-n3c4ccc(C5=CCCC=C5)cc4c4cc(-c5ccccc5)ccc43)c(C#N)c(-n3c4ccc(-c5ccccc5)cc4c4cc(C5C=CC=CC5)ccc43)c1-n1c3ccc(-c4ccccc4)cc3c3cc(-c4ccccc4)ccc31)c1ccc(-c3ccccc3)cc12. The molecule has 17 aromatic carbocycles. The molecule has 4 atom stereocenters. The second-order valence-corrected chi connectivity index (χ2v) is 35.2. The lowest BCUT2D eigenvalue weighted by atomic mass is 9.84. The molecule has 25 rings (SSSR count). The fourth-order valence-electron chi connectivity index (χ4n) is 21.8. The van der Waals surface area contributed by atoms with Gasteiger partial charge in [-0.1, -0.05) is 329 Å². The van der Waals surface area contributed by atoms with Crippen molar-refractivity contribution in [1.29, 1.82) is 5.26 Å². The molecule has 604 valence electrons. The highest BCUT2D eigenvalue weighted by Gasteiger charge is 2.46. The molecule has 0 spiro atoms. The molecule has 6 nitrogen and oxygen atoms in total. The zero-order valence-electron chi connectivity index (χ0n) is 71.0. The van der Waals surface area contributed by atoms with Gasteiger partial charge >= 0.3 is 0 Å². The third kappa shape index (κ3) is 11.9. The highest BCUT2D eigenvalue weighted by molar-refractivity contribution is 6.20. The van der Waals surface area contributed by atoms with Gasteiger partial charge in [0.1, 0.15) is 11.6 Å². The van der Waals surface area contributed by atoms with Crippen LogP contribution in [0.4, 0.5) is 11.4 Å². The minimum Gasteiger partial charge on any atom is -0.310 e. The normalized spacial score (nSPS) is 15.9. The molecule has 21 aromatic rings. The first-order valence-electron chi connectivity index (χ1n) is 45.0. The van der Waals surface area contributed by atoms with Crippen LogP contribution in [0.1, 0.15) is 67.2 Å². The lowest BCUT2D eigenvalue weighted by molar-refractivity contribution is 0.446. The molecule has 4 aliphatic rings. The average Bonchev–Trinajstić information content (AvgIpc) is 1.48. The van der Waals surface area contributed by atoms with E-state index in [0.29, 0.717) is 5.56 Å². The lowest BCUT2D eigenvalue weighted by Gasteiger charge is -2.38. The van der Waals surface area contributed by atoms with Crippen LogP contribution in [0.3, 0.4) is 0 Å². The maximum absolute atomic E-state index is 14.5. The smallest absolute Gasteiger partial charge is 0.105 e. The molecule has 4 aromatic heterocycles. The second-order valence-electron chi connectivity index (χ2n) is 35.2. The van der Waals surface area contributed by atoms with Crippen molar-refractivity contribution in [2.45, 2.75) is 44.9 Å². The molecule has 5 heterocycles. The van der Waals surface area contributed by atoms with Crippen molar-refractivity contribution in [3.05, 3.63) is 453 Å². The zero-order chi connectivity index (χ0) is 84.8. The van der Waals surface area contributed by atoms with Gasteiger partial charge in [-0.2, -0.15) is 5.26 Å². The molecule has 128 heavy (non-hydrogen) atoms. The summed E-state index contributed by atoms with van der Waals surface area (Å²) in [5, 5.41) is 23.1. The van der Waals surface area contributed by atoms with Crippen LogP contribution < -0.4 is 4.90 Å². The monoisotopic (exact) mass is 1630 g/mol. The first-order valence-corrected chi connectivity index (χ1v) is 45.0. The van der Waals surface area contributed by atoms with Gasteiger partial charge in [-0.15, -0.1) is 0 Å². The Bertz CT molecular complexity index is 8160. The Morgan fingerprint density at radius 1 is 0.297 bits per heavy atom. The van der Waals surface area contributed by atoms with Crippen molar-refractivity contribution in [1.82, 2.24) is 18.3 Å². The summed E-state index contributed by atoms with van der Waals surface area (Å²) in [5.41, 5.74) is 35.2. The van der Waals surface area contributed by atoms with Crippen LogP contribution in [0.25, 0.3) is 193 Å². The Morgan fingerprint density at radius 3 is 0.969 bits per heavy atom. The Kier molecular flexibility index (Phi) is 17.5. The molecular weight excluding hydrogens is 1550 g/mol. The third-order valence-corrected chi connectivity index (χ3v) is 28.2. The van der Waals surface area contributed by atoms with E-state index in [4.69, 9.17) is 0 Å². The van der Waals surface area contributed by atoms with Gasteiger partial charge in [0.2, 0.25) is 0 Å². The van der Waals surface area contributed by atoms with Crippen molar-refractivity contribution in [2.24, 2.45) is 11.8 Å². The number of aromatic nitrogens is 4. The molecule has 0 saturated carbocycles. The maximum atomic E-state index is 14.5. The molecule has 0 radical (unpaired) electrons. The van der Waals surface area contributed by atoms with Gasteiger partial charge in [0.05, 0.1) is 72.6 Å². The predicted octanol–water partition coefficient (Wildman–Crippen LogP) is 32.4. The molecule has 3 aliphatic carbocycles. The number of nitrogens with zero attached hydrogens (tertiary/aromatic N) is 6. The molecule has 0 saturated heterocycles. The van der Waals surface area contributed by atoms with Crippen molar-refractivity contribution in [3.8, 4) is 107 Å². The van der Waals surface area contributed by atoms with E-state index in [1.54, 1.807) is 0 Å². The molecule has 2 unspecified atom stereocenters. The quantitative estimate of drug-likeness (QED) is 0.109. The standard InChI is InChI=1S/C122H86N6/c1-77-78(2)117-75-97(77)98-66-88(79-30-12-3-13-31-79)48-57-108(98)128(117)122-120(126-113-62-53-93(84-40-22-8-23-41-84)71-103(113)104-72-94(54-63-114(104)126)85-42-24-9-25-43-85)118(124-109-58-49-89(80-32-14-4-15-33-80)67-99(109)100-68-90(50-59-110(100)124)81-34-16-5-17-35-81)107(76-123)119(125-111-60-51-91(82-36-18-6-19-37-82)69-101(111)102-70-92(52-61-112(102)125)83-38-20-7-21-39-83)121(122)127-115-64-55-95(86-44-26-10-27-45-86)73-105(115)106-74-96(56-65-116(106)127)87-46-28-11-29-47-87/h3-6,8-20,22-34,36-75,77-78,81,97H,7,21,35H2,1-2H3/t77-,78+,81?,97?/m0/s1. The van der Waals surface area contributed by atoms with E-state index in [-0.39, 0.29) is 23.7 Å². The fourth-order valence-corrected chi connectivity index (χ4v) is 21.8. The summed E-state index contributed by atoms with van der Waals surface area (Å²) in [6.45, 7) is 4.95. The van der Waals surface area contributed by atoms with Gasteiger partial charge in [-0.25, -0.2) is 0 Å². The number of hydrogen-bond donors (Lipinski definition) is 0. The summed E-state index contributed by atoms with van der Waals surface area (Å²) in [6.07, 6.45) is 21.5. The van der Waals surface area contributed by atoms with Gasteiger partial charge in [0.25, 0.3) is 0 Å². The van der Waals surface area contributed by atoms with Crippen LogP contribution in [0.2, 0.25) is 0 Å². The Hall–Kier alpha value is -16.1. The molecule has 2 bridgehead atoms. The van der Waals surface area contributed by atoms with Crippen LogP contribution >= 0.6 is 0 Å². The predicted molar refractivity (Wildman–Crippen MR) is 536 cm³/mol. The summed E-state index contributed by atoms with van der Waals surface area (Å²) in [5.74, 6) is 0.374. The highest BCUT2D eigenvalue weighted by atomic mass is 15.2. The van der Waals surface area contributed by atoms with E-state index >= 15 is 0 Å². The topological polar surface area (TPSA) is 46.8 Å². The van der Waals surface area contributed by atoms with Crippen molar-refractivity contribution >= 4 is 104 Å². The van der Waals surface area contributed by atoms with Gasteiger partial charge in [-0.05, 0) is 240 Å². The number of nitriles is 1. The maximum Gasteiger partial charge on any atom is 0.105 e. The first-order chi connectivity index (χ1) is 63.3. The third-order valence-electron chi connectivity index (χ3n) is 28.2. The van der Waals surface area contributed by atoms with Crippen LogP contribution in [-0.2, 0) is 0 Å². The minimum absolute atomic E-state index is 0.00815. The van der Waals surface area contributed by atoms with Crippen molar-refractivity contribution in [2.75, 3.05) is 4.90 Å². The first kappa shape index (κ1) is 74.5. The highest BCUT2D eigenvalue weighted by Crippen LogP contribution is 2.61. The van der Waals surface area contributed by atoms with Crippen LogP contribution in [0, 0.1) is 23.2 Å². The molecule has 0 fully saturated rings. The number of hydrogen-bond acceptors (Lipinski definition) is 2. The number of benzene rings is 17. The van der Waals surface area contributed by atoms with E-state index in [2.05, 4.69) is 468 Å². The summed E-state index contributed by atoms with van der Waals surface area (Å²) in [6, 6.07) is 144. The molecular formula is C122H86N6. The number of anilines is 2. The number of fused-ring (bicyclic) bond motifs is 15. The second kappa shape index (κ2) is 30.1. The Labute approximate surface area is 743 Å². The summed E-state index contributed by atoms with van der Waals surface area (Å²) in [4.78, 5) is 2.74. The van der Waals surface area contributed by atoms with E-state index in [0.717, 1.165) is 224 Å². The van der Waals surface area contributed by atoms with E-state index in [1.165, 1.54) is 22.4 Å². The van der Waals surface area contributed by atoms with Gasteiger partial charge < -0.3 is 23.2 Å². The molecule has 1 aliphatic heterocycles. The lowest BCUT2D eigenvalue weighted by Crippen LogP contribution is -2.27. The van der Waals surface area contributed by atoms with E-state index < -0.39 is 0 Å². The summed E-state index contributed by atoms with van der Waals surface area (Å²) < 4.78 is 10.3. The Balaban J connectivity index is 0.957.